The summed E-state index contributed by atoms with van der Waals surface area (Å²) < 4.78 is 5.38. The van der Waals surface area contributed by atoms with E-state index in [1.165, 1.54) is 0 Å². The quantitative estimate of drug-likeness (QED) is 0.843. The van der Waals surface area contributed by atoms with Crippen molar-refractivity contribution in [2.24, 2.45) is 5.73 Å². The summed E-state index contributed by atoms with van der Waals surface area (Å²) in [5, 5.41) is 0.744. The predicted octanol–water partition coefficient (Wildman–Crippen LogP) is 3.85. The fraction of sp³-hybridized carbons (Fsp3) is 0.375. The molecule has 0 aliphatic rings. The van der Waals surface area contributed by atoms with Crippen LogP contribution in [-0.4, -0.2) is 18.0 Å². The summed E-state index contributed by atoms with van der Waals surface area (Å²) >= 11 is 5.89. The van der Waals surface area contributed by atoms with Crippen LogP contribution in [0.4, 0.5) is 0 Å². The third-order valence-electron chi connectivity index (χ3n) is 3.46. The van der Waals surface area contributed by atoms with Gasteiger partial charge in [-0.05, 0) is 42.8 Å². The fourth-order valence-corrected chi connectivity index (χ4v) is 2.30. The summed E-state index contributed by atoms with van der Waals surface area (Å²) in [7, 11) is 0. The van der Waals surface area contributed by atoms with Crippen molar-refractivity contribution in [3.8, 4) is 0 Å². The topological polar surface area (TPSA) is 42.4 Å². The monoisotopic (exact) mass is 292 g/mol. The van der Waals surface area contributed by atoms with Crippen LogP contribution in [0.2, 0.25) is 5.02 Å². The van der Waals surface area contributed by atoms with Crippen molar-refractivity contribution in [1.29, 1.82) is 0 Å². The number of furan rings is 1. The highest BCUT2D eigenvalue weighted by molar-refractivity contribution is 6.30. The van der Waals surface area contributed by atoms with Gasteiger partial charge in [-0.2, -0.15) is 0 Å². The van der Waals surface area contributed by atoms with E-state index < -0.39 is 0 Å². The number of hydrogen-bond acceptors (Lipinski definition) is 3. The smallest absolute Gasteiger partial charge is 0.117 e. The maximum Gasteiger partial charge on any atom is 0.117 e. The molecule has 2 rings (SSSR count). The van der Waals surface area contributed by atoms with E-state index in [2.05, 4.69) is 11.8 Å². The molecule has 0 radical (unpaired) electrons. The van der Waals surface area contributed by atoms with E-state index in [1.54, 1.807) is 6.26 Å². The molecule has 20 heavy (non-hydrogen) atoms. The molecule has 1 unspecified atom stereocenters. The van der Waals surface area contributed by atoms with Gasteiger partial charge in [0.25, 0.3) is 0 Å². The summed E-state index contributed by atoms with van der Waals surface area (Å²) in [6.07, 6.45) is 2.62. The molecule has 108 valence electrons. The Kier molecular flexibility index (Phi) is 5.65. The molecule has 2 aromatic rings. The molecule has 0 fully saturated rings. The van der Waals surface area contributed by atoms with Gasteiger partial charge in [0.15, 0.2) is 0 Å². The van der Waals surface area contributed by atoms with Crippen LogP contribution in [0.5, 0.6) is 0 Å². The molecule has 1 aromatic heterocycles. The minimum Gasteiger partial charge on any atom is -0.468 e. The third-order valence-corrected chi connectivity index (χ3v) is 3.71. The minimum absolute atomic E-state index is 0.0397. The van der Waals surface area contributed by atoms with Crippen LogP contribution in [0.15, 0.2) is 47.1 Å². The molecule has 0 aliphatic heterocycles. The van der Waals surface area contributed by atoms with E-state index in [-0.39, 0.29) is 6.04 Å². The Morgan fingerprint density at radius 1 is 1.25 bits per heavy atom. The molecule has 1 aromatic carbocycles. The van der Waals surface area contributed by atoms with Crippen molar-refractivity contribution in [2.45, 2.75) is 25.9 Å². The summed E-state index contributed by atoms with van der Waals surface area (Å²) in [4.78, 5) is 2.33. The third kappa shape index (κ3) is 4.37. The van der Waals surface area contributed by atoms with E-state index in [4.69, 9.17) is 21.8 Å². The van der Waals surface area contributed by atoms with Crippen molar-refractivity contribution in [2.75, 3.05) is 13.1 Å². The molecule has 1 atom stereocenters. The second-order valence-electron chi connectivity index (χ2n) is 4.89. The first-order chi connectivity index (χ1) is 9.69. The van der Waals surface area contributed by atoms with Crippen LogP contribution in [-0.2, 0) is 6.54 Å². The first-order valence-corrected chi connectivity index (χ1v) is 7.32. The normalized spacial score (nSPS) is 12.8. The Morgan fingerprint density at radius 3 is 2.60 bits per heavy atom. The van der Waals surface area contributed by atoms with Crippen molar-refractivity contribution >= 4 is 11.6 Å². The molecule has 0 saturated heterocycles. The van der Waals surface area contributed by atoms with Crippen molar-refractivity contribution < 1.29 is 4.42 Å². The lowest BCUT2D eigenvalue weighted by atomic mass is 10.0. The van der Waals surface area contributed by atoms with Gasteiger partial charge in [-0.3, -0.25) is 4.90 Å². The van der Waals surface area contributed by atoms with Gasteiger partial charge < -0.3 is 10.2 Å². The minimum atomic E-state index is 0.0397. The molecule has 0 bridgehead atoms. The number of nitrogens with two attached hydrogens (primary N) is 1. The van der Waals surface area contributed by atoms with Gasteiger partial charge in [0, 0.05) is 17.6 Å². The van der Waals surface area contributed by atoms with E-state index >= 15 is 0 Å². The zero-order valence-corrected chi connectivity index (χ0v) is 12.5. The van der Waals surface area contributed by atoms with Gasteiger partial charge in [-0.15, -0.1) is 0 Å². The lowest BCUT2D eigenvalue weighted by Gasteiger charge is -2.21. The summed E-state index contributed by atoms with van der Waals surface area (Å²) in [5.74, 6) is 0.993. The summed E-state index contributed by atoms with van der Waals surface area (Å²) in [6.45, 7) is 4.91. The SMILES string of the molecule is CCN(CCC(N)c1ccc(Cl)cc1)Cc1ccco1. The molecule has 0 saturated carbocycles. The Hall–Kier alpha value is -1.29. The Labute approximate surface area is 125 Å². The van der Waals surface area contributed by atoms with E-state index in [9.17, 15) is 0 Å². The summed E-state index contributed by atoms with van der Waals surface area (Å²) in [5.41, 5.74) is 7.36. The van der Waals surface area contributed by atoms with Crippen LogP contribution in [0.3, 0.4) is 0 Å². The number of benzene rings is 1. The van der Waals surface area contributed by atoms with Crippen molar-refractivity contribution in [3.05, 3.63) is 59.0 Å². The van der Waals surface area contributed by atoms with Gasteiger partial charge in [-0.25, -0.2) is 0 Å². The number of hydrogen-bond donors (Lipinski definition) is 1. The highest BCUT2D eigenvalue weighted by atomic mass is 35.5. The molecule has 3 nitrogen and oxygen atoms in total. The molecule has 1 heterocycles. The molecule has 0 aliphatic carbocycles. The van der Waals surface area contributed by atoms with Crippen molar-refractivity contribution in [3.63, 3.8) is 0 Å². The second-order valence-corrected chi connectivity index (χ2v) is 5.33. The van der Waals surface area contributed by atoms with Gasteiger partial charge >= 0.3 is 0 Å². The second kappa shape index (κ2) is 7.48. The number of rotatable bonds is 7. The van der Waals surface area contributed by atoms with Gasteiger partial charge in [0.1, 0.15) is 5.76 Å². The predicted molar refractivity (Wildman–Crippen MR) is 82.7 cm³/mol. The van der Waals surface area contributed by atoms with Crippen LogP contribution < -0.4 is 5.73 Å². The first kappa shape index (κ1) is 15.1. The average molecular weight is 293 g/mol. The van der Waals surface area contributed by atoms with Gasteiger partial charge in [0.05, 0.1) is 12.8 Å². The summed E-state index contributed by atoms with van der Waals surface area (Å²) in [6, 6.07) is 11.7. The molecule has 0 amide bonds. The lowest BCUT2D eigenvalue weighted by Crippen LogP contribution is -2.26. The van der Waals surface area contributed by atoms with Gasteiger partial charge in [-0.1, -0.05) is 30.7 Å². The van der Waals surface area contributed by atoms with E-state index in [1.807, 2.05) is 36.4 Å². The van der Waals surface area contributed by atoms with Crippen LogP contribution >= 0.6 is 11.6 Å². The lowest BCUT2D eigenvalue weighted by molar-refractivity contribution is 0.246. The van der Waals surface area contributed by atoms with E-state index in [0.29, 0.717) is 0 Å². The van der Waals surface area contributed by atoms with Gasteiger partial charge in [0.2, 0.25) is 0 Å². The molecular weight excluding hydrogens is 272 g/mol. The first-order valence-electron chi connectivity index (χ1n) is 6.95. The Morgan fingerprint density at radius 2 is 2.00 bits per heavy atom. The highest BCUT2D eigenvalue weighted by Gasteiger charge is 2.10. The number of nitrogens with zero attached hydrogens (tertiary/aromatic N) is 1. The molecule has 0 spiro atoms. The van der Waals surface area contributed by atoms with Crippen LogP contribution in [0.25, 0.3) is 0 Å². The highest BCUT2D eigenvalue weighted by Crippen LogP contribution is 2.18. The van der Waals surface area contributed by atoms with E-state index in [0.717, 1.165) is 42.4 Å². The standard InChI is InChI=1S/C16H21ClN2O/c1-2-19(12-15-4-3-11-20-15)10-9-16(18)13-5-7-14(17)8-6-13/h3-8,11,16H,2,9-10,12,18H2,1H3. The zero-order chi connectivity index (χ0) is 14.4. The maximum absolute atomic E-state index is 6.23. The largest absolute Gasteiger partial charge is 0.468 e. The Bertz CT molecular complexity index is 496. The molecule has 4 heteroatoms. The maximum atomic E-state index is 6.23. The average Bonchev–Trinajstić information content (AvgIpc) is 2.96. The van der Waals surface area contributed by atoms with Crippen molar-refractivity contribution in [1.82, 2.24) is 4.90 Å². The Balaban J connectivity index is 1.84. The number of halogens is 1. The van der Waals surface area contributed by atoms with Crippen LogP contribution in [0.1, 0.15) is 30.7 Å². The fourth-order valence-electron chi connectivity index (χ4n) is 2.17. The zero-order valence-electron chi connectivity index (χ0n) is 11.8. The molecule has 2 N–H and O–H groups in total. The molecular formula is C16H21ClN2O. The van der Waals surface area contributed by atoms with Crippen LogP contribution in [0, 0.1) is 0 Å².